The van der Waals surface area contributed by atoms with Gasteiger partial charge in [-0.3, -0.25) is 5.43 Å². The van der Waals surface area contributed by atoms with Crippen molar-refractivity contribution in [3.8, 4) is 5.75 Å². The molecule has 0 aliphatic rings. The molecular weight excluding hydrogens is 270 g/mol. The maximum Gasteiger partial charge on any atom is 0.203 e. The average molecular weight is 289 g/mol. The lowest BCUT2D eigenvalue weighted by molar-refractivity contribution is 0.317. The highest BCUT2D eigenvalue weighted by molar-refractivity contribution is 7.13. The van der Waals surface area contributed by atoms with Crippen LogP contribution in [0.15, 0.2) is 28.7 Å². The molecule has 0 radical (unpaired) electrons. The number of thiazole rings is 1. The normalized spacial score (nSPS) is 10.9. The minimum absolute atomic E-state index is 0.748. The summed E-state index contributed by atoms with van der Waals surface area (Å²) in [5.41, 5.74) is 6.14. The van der Waals surface area contributed by atoms with Crippen LogP contribution in [-0.4, -0.2) is 17.8 Å². The summed E-state index contributed by atoms with van der Waals surface area (Å²) in [6, 6.07) is 6.01. The Kier molecular flexibility index (Phi) is 5.12. The van der Waals surface area contributed by atoms with Crippen LogP contribution in [0.5, 0.6) is 5.75 Å². The largest absolute Gasteiger partial charge is 0.494 e. The van der Waals surface area contributed by atoms with Crippen LogP contribution < -0.4 is 10.2 Å². The SMILES string of the molecule is CCCOc1ccc(C=NNc2nc(C)cs2)c(C)c1. The van der Waals surface area contributed by atoms with E-state index in [1.54, 1.807) is 17.6 Å². The van der Waals surface area contributed by atoms with Gasteiger partial charge in [0.1, 0.15) is 5.75 Å². The third-order valence-electron chi connectivity index (χ3n) is 2.70. The summed E-state index contributed by atoms with van der Waals surface area (Å²) < 4.78 is 5.60. The quantitative estimate of drug-likeness (QED) is 0.646. The van der Waals surface area contributed by atoms with Gasteiger partial charge in [-0.2, -0.15) is 5.10 Å². The molecule has 0 aliphatic carbocycles. The van der Waals surface area contributed by atoms with Gasteiger partial charge >= 0.3 is 0 Å². The second-order valence-electron chi connectivity index (χ2n) is 4.53. The Balaban J connectivity index is 1.98. The number of nitrogens with zero attached hydrogens (tertiary/aromatic N) is 2. The summed E-state index contributed by atoms with van der Waals surface area (Å²) >= 11 is 1.54. The predicted octanol–water partition coefficient (Wildman–Crippen LogP) is 3.99. The van der Waals surface area contributed by atoms with E-state index in [2.05, 4.69) is 22.4 Å². The first-order valence-corrected chi connectivity index (χ1v) is 7.51. The molecule has 106 valence electrons. The average Bonchev–Trinajstić information content (AvgIpc) is 2.84. The predicted molar refractivity (Wildman–Crippen MR) is 85.0 cm³/mol. The van der Waals surface area contributed by atoms with Gasteiger partial charge in [0.05, 0.1) is 18.5 Å². The zero-order valence-corrected chi connectivity index (χ0v) is 12.8. The van der Waals surface area contributed by atoms with Gasteiger partial charge in [-0.05, 0) is 49.6 Å². The van der Waals surface area contributed by atoms with E-state index in [-0.39, 0.29) is 0 Å². The monoisotopic (exact) mass is 289 g/mol. The Labute approximate surface area is 123 Å². The molecule has 0 amide bonds. The number of nitrogens with one attached hydrogen (secondary N) is 1. The minimum atomic E-state index is 0.748. The molecule has 1 aromatic carbocycles. The standard InChI is InChI=1S/C15H19N3OS/c1-4-7-19-14-6-5-13(11(2)8-14)9-16-18-15-17-12(3)10-20-15/h5-6,8-10H,4,7H2,1-3H3,(H,17,18). The smallest absolute Gasteiger partial charge is 0.203 e. The molecule has 0 atom stereocenters. The second-order valence-corrected chi connectivity index (χ2v) is 5.39. The van der Waals surface area contributed by atoms with E-state index in [1.807, 2.05) is 37.4 Å². The molecule has 2 aromatic rings. The first-order valence-electron chi connectivity index (χ1n) is 6.63. The van der Waals surface area contributed by atoms with Crippen molar-refractivity contribution in [2.24, 2.45) is 5.10 Å². The van der Waals surface area contributed by atoms with E-state index >= 15 is 0 Å². The van der Waals surface area contributed by atoms with Crippen LogP contribution in [0.4, 0.5) is 5.13 Å². The van der Waals surface area contributed by atoms with Gasteiger partial charge in [-0.1, -0.05) is 6.92 Å². The molecule has 2 rings (SSSR count). The summed E-state index contributed by atoms with van der Waals surface area (Å²) in [6.45, 7) is 6.86. The molecule has 5 heteroatoms. The summed E-state index contributed by atoms with van der Waals surface area (Å²) in [6.07, 6.45) is 2.81. The van der Waals surface area contributed by atoms with Gasteiger partial charge in [-0.25, -0.2) is 4.98 Å². The van der Waals surface area contributed by atoms with Gasteiger partial charge in [0.25, 0.3) is 0 Å². The highest BCUT2D eigenvalue weighted by Crippen LogP contribution is 2.17. The molecule has 0 unspecified atom stereocenters. The highest BCUT2D eigenvalue weighted by Gasteiger charge is 1.99. The minimum Gasteiger partial charge on any atom is -0.494 e. The van der Waals surface area contributed by atoms with Crippen molar-refractivity contribution in [3.63, 3.8) is 0 Å². The molecule has 0 saturated carbocycles. The number of hydrogen-bond donors (Lipinski definition) is 1. The van der Waals surface area contributed by atoms with E-state index < -0.39 is 0 Å². The van der Waals surface area contributed by atoms with Crippen molar-refractivity contribution < 1.29 is 4.74 Å². The third kappa shape index (κ3) is 4.06. The molecule has 0 aliphatic heterocycles. The van der Waals surface area contributed by atoms with Crippen LogP contribution in [0.2, 0.25) is 0 Å². The lowest BCUT2D eigenvalue weighted by atomic mass is 10.1. The Bertz CT molecular complexity index is 593. The van der Waals surface area contributed by atoms with Crippen molar-refractivity contribution in [2.45, 2.75) is 27.2 Å². The van der Waals surface area contributed by atoms with Crippen molar-refractivity contribution in [1.82, 2.24) is 4.98 Å². The third-order valence-corrected chi connectivity index (χ3v) is 3.56. The van der Waals surface area contributed by atoms with E-state index in [1.165, 1.54) is 0 Å². The Hall–Kier alpha value is -1.88. The Morgan fingerprint density at radius 2 is 2.25 bits per heavy atom. The number of rotatable bonds is 6. The van der Waals surface area contributed by atoms with E-state index in [0.717, 1.165) is 40.7 Å². The molecule has 0 spiro atoms. The fourth-order valence-electron chi connectivity index (χ4n) is 1.67. The summed E-state index contributed by atoms with van der Waals surface area (Å²) in [5.74, 6) is 0.907. The first-order chi connectivity index (χ1) is 9.69. The Morgan fingerprint density at radius 3 is 2.90 bits per heavy atom. The van der Waals surface area contributed by atoms with E-state index in [9.17, 15) is 0 Å². The van der Waals surface area contributed by atoms with Crippen LogP contribution in [0.3, 0.4) is 0 Å². The van der Waals surface area contributed by atoms with Crippen LogP contribution in [0.25, 0.3) is 0 Å². The van der Waals surface area contributed by atoms with Gasteiger partial charge < -0.3 is 4.74 Å². The number of ether oxygens (including phenoxy) is 1. The summed E-state index contributed by atoms with van der Waals surface area (Å²) in [4.78, 5) is 4.29. The second kappa shape index (κ2) is 7.05. The molecule has 1 heterocycles. The first kappa shape index (κ1) is 14.5. The molecule has 1 N–H and O–H groups in total. The van der Waals surface area contributed by atoms with Crippen LogP contribution in [0, 0.1) is 13.8 Å². The zero-order valence-electron chi connectivity index (χ0n) is 12.0. The van der Waals surface area contributed by atoms with Gasteiger partial charge in [0.15, 0.2) is 0 Å². The number of aromatic nitrogens is 1. The Morgan fingerprint density at radius 1 is 1.40 bits per heavy atom. The van der Waals surface area contributed by atoms with Crippen LogP contribution in [-0.2, 0) is 0 Å². The van der Waals surface area contributed by atoms with Crippen molar-refractivity contribution >= 4 is 22.7 Å². The number of benzene rings is 1. The van der Waals surface area contributed by atoms with Crippen molar-refractivity contribution in [2.75, 3.05) is 12.0 Å². The topological polar surface area (TPSA) is 46.5 Å². The lowest BCUT2D eigenvalue weighted by Crippen LogP contribution is -1.97. The molecule has 4 nitrogen and oxygen atoms in total. The van der Waals surface area contributed by atoms with Gasteiger partial charge in [0, 0.05) is 5.38 Å². The van der Waals surface area contributed by atoms with Crippen LogP contribution >= 0.6 is 11.3 Å². The van der Waals surface area contributed by atoms with Crippen molar-refractivity contribution in [3.05, 3.63) is 40.4 Å². The maximum atomic E-state index is 5.60. The fourth-order valence-corrected chi connectivity index (χ4v) is 2.30. The molecule has 1 aromatic heterocycles. The van der Waals surface area contributed by atoms with Crippen molar-refractivity contribution in [1.29, 1.82) is 0 Å². The molecular formula is C15H19N3OS. The fraction of sp³-hybridized carbons (Fsp3) is 0.333. The summed E-state index contributed by atoms with van der Waals surface area (Å²) in [5, 5.41) is 7.00. The number of aryl methyl sites for hydroxylation is 2. The zero-order chi connectivity index (χ0) is 14.4. The molecule has 20 heavy (non-hydrogen) atoms. The number of hydrogen-bond acceptors (Lipinski definition) is 5. The highest BCUT2D eigenvalue weighted by atomic mass is 32.1. The molecule has 0 saturated heterocycles. The lowest BCUT2D eigenvalue weighted by Gasteiger charge is -2.06. The number of anilines is 1. The molecule has 0 bridgehead atoms. The van der Waals surface area contributed by atoms with E-state index in [4.69, 9.17) is 4.74 Å². The van der Waals surface area contributed by atoms with Crippen LogP contribution in [0.1, 0.15) is 30.2 Å². The molecule has 0 fully saturated rings. The van der Waals surface area contributed by atoms with E-state index in [0.29, 0.717) is 0 Å². The van der Waals surface area contributed by atoms with Gasteiger partial charge in [0.2, 0.25) is 5.13 Å². The summed E-state index contributed by atoms with van der Waals surface area (Å²) in [7, 11) is 0. The number of hydrazone groups is 1. The maximum absolute atomic E-state index is 5.60. The van der Waals surface area contributed by atoms with Gasteiger partial charge in [-0.15, -0.1) is 11.3 Å².